The molecule has 39 heavy (non-hydrogen) atoms. The maximum atomic E-state index is 13.5. The van der Waals surface area contributed by atoms with E-state index < -0.39 is 17.7 Å². The molecule has 1 aliphatic heterocycles. The zero-order valence-electron chi connectivity index (χ0n) is 22.6. The summed E-state index contributed by atoms with van der Waals surface area (Å²) in [4.78, 5) is 39.9. The third-order valence-electron chi connectivity index (χ3n) is 6.34. The van der Waals surface area contributed by atoms with E-state index in [0.717, 1.165) is 5.56 Å². The Labute approximate surface area is 227 Å². The summed E-state index contributed by atoms with van der Waals surface area (Å²) in [6.45, 7) is 7.91. The van der Waals surface area contributed by atoms with Crippen molar-refractivity contribution in [3.63, 3.8) is 0 Å². The molecular weight excluding hydrogens is 496 g/mol. The van der Waals surface area contributed by atoms with Gasteiger partial charge in [-0.2, -0.15) is 0 Å². The molecule has 2 N–H and O–H groups in total. The Morgan fingerprint density at radius 3 is 2.38 bits per heavy atom. The molecule has 0 aliphatic carbocycles. The summed E-state index contributed by atoms with van der Waals surface area (Å²) >= 11 is 0. The quantitative estimate of drug-likeness (QED) is 0.223. The predicted molar refractivity (Wildman–Crippen MR) is 150 cm³/mol. The first-order valence-corrected chi connectivity index (χ1v) is 12.7. The molecule has 1 fully saturated rings. The molecule has 8 heteroatoms. The maximum absolute atomic E-state index is 13.5. The molecule has 202 valence electrons. The van der Waals surface area contributed by atoms with Gasteiger partial charge >= 0.3 is 0 Å². The fourth-order valence-corrected chi connectivity index (χ4v) is 4.51. The number of carbonyl (C=O) groups excluding carboxylic acids is 3. The van der Waals surface area contributed by atoms with Gasteiger partial charge in [0.15, 0.2) is 0 Å². The standard InChI is InChI=1S/C31H32N2O6/c1-18(2)17-39-26-14-11-22(15-19(26)3)29(35)27-28(21-9-12-25(38-5)13-10-21)33(31(37)30(27)36)24-8-6-7-23(16-24)32-20(4)34/h6-16,18,28,35H,17H2,1-5H3,(H,32,34)/b29-27+. The molecule has 3 aromatic rings. The summed E-state index contributed by atoms with van der Waals surface area (Å²) in [7, 11) is 1.55. The Morgan fingerprint density at radius 1 is 1.05 bits per heavy atom. The van der Waals surface area contributed by atoms with Crippen LogP contribution in [0.2, 0.25) is 0 Å². The van der Waals surface area contributed by atoms with Crippen molar-refractivity contribution in [3.05, 3.63) is 89.0 Å². The number of methoxy groups -OCH3 is 1. The maximum Gasteiger partial charge on any atom is 0.300 e. The molecule has 0 bridgehead atoms. The van der Waals surface area contributed by atoms with Crippen LogP contribution < -0.4 is 19.7 Å². The summed E-state index contributed by atoms with van der Waals surface area (Å²) in [6.07, 6.45) is 0. The van der Waals surface area contributed by atoms with Crippen molar-refractivity contribution in [2.24, 2.45) is 5.92 Å². The van der Waals surface area contributed by atoms with Crippen molar-refractivity contribution < 1.29 is 29.0 Å². The van der Waals surface area contributed by atoms with Crippen LogP contribution in [-0.4, -0.2) is 36.4 Å². The molecule has 0 saturated carbocycles. The number of aliphatic hydroxyl groups is 1. The SMILES string of the molecule is COc1ccc(C2/C(=C(\O)c3ccc(OCC(C)C)c(C)c3)C(=O)C(=O)N2c2cccc(NC(C)=O)c2)cc1. The van der Waals surface area contributed by atoms with Crippen molar-refractivity contribution in [1.82, 2.24) is 0 Å². The number of aryl methyl sites for hydroxylation is 1. The number of carbonyl (C=O) groups is 3. The predicted octanol–water partition coefficient (Wildman–Crippen LogP) is 5.62. The van der Waals surface area contributed by atoms with Crippen LogP contribution in [0, 0.1) is 12.8 Å². The monoisotopic (exact) mass is 528 g/mol. The highest BCUT2D eigenvalue weighted by Crippen LogP contribution is 2.43. The molecule has 2 amide bonds. The van der Waals surface area contributed by atoms with E-state index in [-0.39, 0.29) is 17.2 Å². The number of Topliss-reactive ketones (excluding diaryl/α,β-unsaturated/α-hetero) is 1. The summed E-state index contributed by atoms with van der Waals surface area (Å²) in [5, 5.41) is 14.2. The van der Waals surface area contributed by atoms with E-state index in [1.54, 1.807) is 73.8 Å². The highest BCUT2D eigenvalue weighted by Gasteiger charge is 2.47. The van der Waals surface area contributed by atoms with Gasteiger partial charge < -0.3 is 19.9 Å². The van der Waals surface area contributed by atoms with Gasteiger partial charge in [0.1, 0.15) is 17.3 Å². The van der Waals surface area contributed by atoms with Gasteiger partial charge in [-0.05, 0) is 72.5 Å². The van der Waals surface area contributed by atoms with Crippen molar-refractivity contribution in [3.8, 4) is 11.5 Å². The average molecular weight is 529 g/mol. The van der Waals surface area contributed by atoms with Crippen molar-refractivity contribution in [2.45, 2.75) is 33.7 Å². The third kappa shape index (κ3) is 5.80. The lowest BCUT2D eigenvalue weighted by molar-refractivity contribution is -0.132. The fourth-order valence-electron chi connectivity index (χ4n) is 4.51. The summed E-state index contributed by atoms with van der Waals surface area (Å²) < 4.78 is 11.1. The van der Waals surface area contributed by atoms with E-state index in [2.05, 4.69) is 19.2 Å². The molecule has 1 atom stereocenters. The van der Waals surface area contributed by atoms with Crippen molar-refractivity contribution in [2.75, 3.05) is 23.9 Å². The smallest absolute Gasteiger partial charge is 0.300 e. The van der Waals surface area contributed by atoms with Gasteiger partial charge in [0.25, 0.3) is 11.7 Å². The topological polar surface area (TPSA) is 105 Å². The van der Waals surface area contributed by atoms with Gasteiger partial charge in [-0.3, -0.25) is 19.3 Å². The van der Waals surface area contributed by atoms with Crippen LogP contribution in [0.1, 0.15) is 43.5 Å². The van der Waals surface area contributed by atoms with Crippen LogP contribution >= 0.6 is 0 Å². The van der Waals surface area contributed by atoms with Crippen LogP contribution in [-0.2, 0) is 14.4 Å². The Morgan fingerprint density at radius 2 is 1.77 bits per heavy atom. The molecular formula is C31H32N2O6. The minimum atomic E-state index is -0.916. The van der Waals surface area contributed by atoms with E-state index in [0.29, 0.717) is 46.5 Å². The number of anilines is 2. The number of hydrogen-bond acceptors (Lipinski definition) is 6. The molecule has 1 aliphatic rings. The zero-order chi connectivity index (χ0) is 28.3. The van der Waals surface area contributed by atoms with E-state index >= 15 is 0 Å². The van der Waals surface area contributed by atoms with Crippen molar-refractivity contribution in [1.29, 1.82) is 0 Å². The first-order valence-electron chi connectivity index (χ1n) is 12.7. The number of aliphatic hydroxyl groups excluding tert-OH is 1. The Bertz CT molecular complexity index is 1440. The van der Waals surface area contributed by atoms with Gasteiger partial charge in [0.2, 0.25) is 5.91 Å². The number of amides is 2. The molecule has 1 heterocycles. The molecule has 3 aromatic carbocycles. The lowest BCUT2D eigenvalue weighted by Gasteiger charge is -2.26. The van der Waals surface area contributed by atoms with E-state index in [4.69, 9.17) is 9.47 Å². The second-order valence-electron chi connectivity index (χ2n) is 9.86. The van der Waals surface area contributed by atoms with Gasteiger partial charge in [-0.25, -0.2) is 0 Å². The molecule has 0 spiro atoms. The fraction of sp³-hybridized carbons (Fsp3) is 0.258. The second kappa shape index (κ2) is 11.4. The van der Waals surface area contributed by atoms with Gasteiger partial charge in [0, 0.05) is 23.9 Å². The minimum Gasteiger partial charge on any atom is -0.507 e. The Balaban J connectivity index is 1.85. The number of ketones is 1. The van der Waals surface area contributed by atoms with Crippen LogP contribution in [0.25, 0.3) is 5.76 Å². The lowest BCUT2D eigenvalue weighted by atomic mass is 9.94. The molecule has 4 rings (SSSR count). The average Bonchev–Trinajstić information content (AvgIpc) is 3.17. The van der Waals surface area contributed by atoms with Gasteiger partial charge in [0.05, 0.1) is 25.3 Å². The van der Waals surface area contributed by atoms with Crippen LogP contribution in [0.5, 0.6) is 11.5 Å². The van der Waals surface area contributed by atoms with E-state index in [1.165, 1.54) is 11.8 Å². The molecule has 1 saturated heterocycles. The van der Waals surface area contributed by atoms with E-state index in [1.807, 2.05) is 6.92 Å². The second-order valence-corrected chi connectivity index (χ2v) is 9.86. The molecule has 8 nitrogen and oxygen atoms in total. The largest absolute Gasteiger partial charge is 0.507 e. The first-order chi connectivity index (χ1) is 18.6. The minimum absolute atomic E-state index is 0.0367. The normalized spacial score (nSPS) is 16.5. The van der Waals surface area contributed by atoms with Crippen molar-refractivity contribution >= 4 is 34.7 Å². The third-order valence-corrected chi connectivity index (χ3v) is 6.34. The summed E-state index contributed by atoms with van der Waals surface area (Å²) in [6, 6.07) is 17.9. The lowest BCUT2D eigenvalue weighted by Crippen LogP contribution is -2.29. The molecule has 1 unspecified atom stereocenters. The number of hydrogen-bond donors (Lipinski definition) is 2. The van der Waals surface area contributed by atoms with Crippen LogP contribution in [0.4, 0.5) is 11.4 Å². The number of nitrogens with zero attached hydrogens (tertiary/aromatic N) is 1. The summed E-state index contributed by atoms with van der Waals surface area (Å²) in [5.41, 5.74) is 2.63. The number of rotatable bonds is 8. The highest BCUT2D eigenvalue weighted by molar-refractivity contribution is 6.51. The zero-order valence-corrected chi connectivity index (χ0v) is 22.6. The van der Waals surface area contributed by atoms with Crippen LogP contribution in [0.15, 0.2) is 72.3 Å². The highest BCUT2D eigenvalue weighted by atomic mass is 16.5. The van der Waals surface area contributed by atoms with E-state index in [9.17, 15) is 19.5 Å². The number of ether oxygens (including phenoxy) is 2. The molecule has 0 aromatic heterocycles. The summed E-state index contributed by atoms with van der Waals surface area (Å²) in [5.74, 6) is -0.507. The number of benzene rings is 3. The number of nitrogens with one attached hydrogen (secondary N) is 1. The van der Waals surface area contributed by atoms with Crippen LogP contribution in [0.3, 0.4) is 0 Å². The Kier molecular flexibility index (Phi) is 8.04. The van der Waals surface area contributed by atoms with Gasteiger partial charge in [-0.1, -0.05) is 32.0 Å². The van der Waals surface area contributed by atoms with Gasteiger partial charge in [-0.15, -0.1) is 0 Å². The first kappa shape index (κ1) is 27.4. The molecule has 0 radical (unpaired) electrons. The Hall–Kier alpha value is -4.59.